The number of carbonyl (C=O) groups is 5. The smallest absolute Gasteiger partial charge is 0.487 e. The van der Waals surface area contributed by atoms with Gasteiger partial charge >= 0.3 is 10.7 Å². The van der Waals surface area contributed by atoms with E-state index in [0.29, 0.717) is 114 Å². The molecule has 5 aliphatic heterocycles. The summed E-state index contributed by atoms with van der Waals surface area (Å²) in [4.78, 5) is 85.8. The number of anilines is 3. The van der Waals surface area contributed by atoms with Crippen molar-refractivity contribution < 1.29 is 68.6 Å². The van der Waals surface area contributed by atoms with Crippen molar-refractivity contribution in [3.63, 3.8) is 0 Å². The van der Waals surface area contributed by atoms with Crippen LogP contribution in [-0.4, -0.2) is 221 Å². The van der Waals surface area contributed by atoms with Crippen molar-refractivity contribution in [2.75, 3.05) is 126 Å². The molecular formula is C82H103ClF3N11O12S4. The van der Waals surface area contributed by atoms with Crippen molar-refractivity contribution >= 4 is 106 Å². The van der Waals surface area contributed by atoms with E-state index in [-0.39, 0.29) is 42.3 Å². The minimum absolute atomic E-state index is 0.0308. The van der Waals surface area contributed by atoms with E-state index >= 15 is 0 Å². The number of nitrogens with zero attached hydrogens (tertiary/aromatic N) is 7. The lowest BCUT2D eigenvalue weighted by molar-refractivity contribution is -0.144. The molecule has 4 saturated heterocycles. The molecule has 1 aromatic heterocycles. The Morgan fingerprint density at radius 3 is 2.19 bits per heavy atom. The van der Waals surface area contributed by atoms with Crippen LogP contribution in [0.5, 0.6) is 5.75 Å². The molecule has 31 heteroatoms. The number of β-amino-alcohol motifs (C(OH)–C–C–N with tert-alkyl or cyclic N) is 1. The summed E-state index contributed by atoms with van der Waals surface area (Å²) in [5.74, 6) is 0.0746. The van der Waals surface area contributed by atoms with Crippen LogP contribution >= 0.6 is 34.7 Å². The van der Waals surface area contributed by atoms with Crippen LogP contribution in [0.15, 0.2) is 141 Å². The number of fused-ring (bicyclic) bond motifs is 3. The van der Waals surface area contributed by atoms with Crippen LogP contribution in [0.4, 0.5) is 35.0 Å². The molecule has 6 aliphatic rings. The molecule has 0 bridgehead atoms. The van der Waals surface area contributed by atoms with Gasteiger partial charge in [-0.2, -0.15) is 13.2 Å². The number of alkyl halides is 3. The zero-order valence-electron chi connectivity index (χ0n) is 64.7. The Bertz CT molecular complexity index is 4610. The standard InChI is InChI=1S/C82H103ClF3N11O12S4/c1-55(57-19-27-67-71(45-57)109-51-69-75(67)111-54-87-69)88-77(101)70-46-63(98)50-97(70)78(102)76(80(2,3)4)91-73(99)15-11-6-7-12-16-74(100)96-39-35-94(36-40-96)53-81(5)31-29-66(56-17-20-59(83)21-18-56)58(48-81)49-93-33-37-95(38-34-93)62-24-22-60(23-25-62)90-79(103)112(104,105)65-26-28-68(72(47-65)113(106,107)82(84,85)86)89-61(30-32-92-41-43-108-44-42-92)52-110-64-13-9-8-10-14-64/h8-10,13-14,17-28,45,47,54-55,61,63,70,76,89,98H,6-7,11-12,15-16,29-44,46,48-53H2,1-5H3,(H,88,101)(H,90,103)(H,91,99)/t55-,61+,63+,70-,76+,81+/m0/s1. The number of thiazole rings is 1. The molecule has 6 aromatic rings. The lowest BCUT2D eigenvalue weighted by Gasteiger charge is -2.44. The lowest BCUT2D eigenvalue weighted by atomic mass is 9.71. The number of carbonyl (C=O) groups excluding carboxylic acids is 5. The summed E-state index contributed by atoms with van der Waals surface area (Å²) in [5.41, 5.74) is 2.28. The number of likely N-dealkylation sites (tertiary alicyclic amines) is 1. The normalized spacial score (nSPS) is 20.4. The van der Waals surface area contributed by atoms with Gasteiger partial charge in [0, 0.05) is 150 Å². The number of aromatic nitrogens is 1. The predicted octanol–water partition coefficient (Wildman–Crippen LogP) is 12.6. The number of aliphatic hydroxyl groups excluding tert-OH is 1. The number of unbranched alkanes of at least 4 members (excludes halogenated alkanes) is 3. The Labute approximate surface area is 673 Å². The highest BCUT2D eigenvalue weighted by molar-refractivity contribution is 8.06. The third-order valence-corrected chi connectivity index (χ3v) is 27.6. The van der Waals surface area contributed by atoms with E-state index in [0.717, 1.165) is 121 Å². The number of piperazine rings is 2. The molecule has 5 aromatic carbocycles. The summed E-state index contributed by atoms with van der Waals surface area (Å²) in [6.07, 6.45) is 5.71. The first-order valence-electron chi connectivity index (χ1n) is 39.0. The number of sulfone groups is 2. The summed E-state index contributed by atoms with van der Waals surface area (Å²) in [6, 6.07) is 29.2. The van der Waals surface area contributed by atoms with Gasteiger partial charge in [-0.1, -0.05) is 94.1 Å². The summed E-state index contributed by atoms with van der Waals surface area (Å²) < 4.78 is 109. The predicted molar refractivity (Wildman–Crippen MR) is 434 cm³/mol. The third kappa shape index (κ3) is 21.5. The number of halogens is 4. The molecule has 1 aliphatic carbocycles. The maximum absolute atomic E-state index is 14.4. The number of amides is 5. The Morgan fingerprint density at radius 2 is 1.50 bits per heavy atom. The van der Waals surface area contributed by atoms with E-state index in [1.807, 2.05) is 93.3 Å². The van der Waals surface area contributed by atoms with Gasteiger partial charge in [-0.05, 0) is 152 Å². The van der Waals surface area contributed by atoms with Crippen LogP contribution < -0.4 is 30.9 Å². The molecule has 12 rings (SSSR count). The van der Waals surface area contributed by atoms with Crippen molar-refractivity contribution in [1.82, 2.24) is 40.1 Å². The maximum Gasteiger partial charge on any atom is 0.501 e. The maximum atomic E-state index is 14.4. The topological polar surface area (TPSA) is 273 Å². The molecule has 5 amide bonds. The van der Waals surface area contributed by atoms with Crippen LogP contribution in [0.1, 0.15) is 128 Å². The molecule has 23 nitrogen and oxygen atoms in total. The number of benzene rings is 5. The van der Waals surface area contributed by atoms with Gasteiger partial charge in [0.2, 0.25) is 23.6 Å². The van der Waals surface area contributed by atoms with Gasteiger partial charge < -0.3 is 50.5 Å². The number of morpholine rings is 1. The quantitative estimate of drug-likeness (QED) is 0.0216. The highest BCUT2D eigenvalue weighted by Gasteiger charge is 2.50. The second kappa shape index (κ2) is 37.1. The molecular weight excluding hydrogens is 1550 g/mol. The molecule has 0 saturated carbocycles. The van der Waals surface area contributed by atoms with E-state index in [2.05, 4.69) is 64.9 Å². The summed E-state index contributed by atoms with van der Waals surface area (Å²) >= 11 is 9.38. The highest BCUT2D eigenvalue weighted by atomic mass is 35.5. The molecule has 610 valence electrons. The fourth-order valence-electron chi connectivity index (χ4n) is 15.9. The molecule has 5 N–H and O–H groups in total. The van der Waals surface area contributed by atoms with Crippen molar-refractivity contribution in [3.05, 3.63) is 148 Å². The van der Waals surface area contributed by atoms with E-state index in [1.165, 1.54) is 27.8 Å². The number of hydrogen-bond acceptors (Lipinski definition) is 20. The van der Waals surface area contributed by atoms with Gasteiger partial charge in [-0.25, -0.2) is 21.8 Å². The van der Waals surface area contributed by atoms with Crippen LogP contribution in [0, 0.1) is 10.8 Å². The van der Waals surface area contributed by atoms with Crippen molar-refractivity contribution in [3.8, 4) is 16.2 Å². The molecule has 6 heterocycles. The summed E-state index contributed by atoms with van der Waals surface area (Å²) in [6.45, 7) is 20.3. The Morgan fingerprint density at radius 1 is 0.796 bits per heavy atom. The van der Waals surface area contributed by atoms with Crippen LogP contribution in [0.3, 0.4) is 0 Å². The van der Waals surface area contributed by atoms with Gasteiger partial charge in [-0.15, -0.1) is 23.1 Å². The first kappa shape index (κ1) is 84.7. The van der Waals surface area contributed by atoms with E-state index in [9.17, 15) is 59.1 Å². The van der Waals surface area contributed by atoms with Crippen molar-refractivity contribution in [1.29, 1.82) is 0 Å². The van der Waals surface area contributed by atoms with E-state index < -0.39 is 93.4 Å². The lowest BCUT2D eigenvalue weighted by Crippen LogP contribution is -2.57. The van der Waals surface area contributed by atoms with E-state index in [4.69, 9.17) is 21.1 Å². The molecule has 4 fully saturated rings. The van der Waals surface area contributed by atoms with E-state index in [1.54, 1.807) is 41.1 Å². The van der Waals surface area contributed by atoms with Crippen molar-refractivity contribution in [2.24, 2.45) is 10.8 Å². The average molecular weight is 1660 g/mol. The number of rotatable bonds is 29. The minimum Gasteiger partial charge on any atom is -0.487 e. The van der Waals surface area contributed by atoms with Gasteiger partial charge in [0.05, 0.1) is 52.0 Å². The Balaban J connectivity index is 0.581. The molecule has 0 unspecified atom stereocenters. The monoisotopic (exact) mass is 1650 g/mol. The number of ether oxygens (including phenoxy) is 2. The van der Waals surface area contributed by atoms with Gasteiger partial charge in [-0.3, -0.25) is 38.7 Å². The summed E-state index contributed by atoms with van der Waals surface area (Å²) in [5, 5.41) is 21.3. The fraction of sp³-hybridized carbons (Fsp3) is 0.512. The molecule has 0 spiro atoms. The molecule has 113 heavy (non-hydrogen) atoms. The molecule has 6 atom stereocenters. The second-order valence-corrected chi connectivity index (χ2v) is 38.0. The number of allylic oxidation sites excluding steroid dienone is 1. The largest absolute Gasteiger partial charge is 0.501 e. The zero-order chi connectivity index (χ0) is 80.4. The number of hydrogen-bond donors (Lipinski definition) is 5. The van der Waals surface area contributed by atoms with Gasteiger partial charge in [0.1, 0.15) is 29.3 Å². The molecule has 0 radical (unpaired) electrons. The van der Waals surface area contributed by atoms with Gasteiger partial charge in [0.15, 0.2) is 0 Å². The first-order valence-corrected chi connectivity index (χ1v) is 44.2. The van der Waals surface area contributed by atoms with Crippen LogP contribution in [-0.2, 0) is 50.2 Å². The number of thioether (sulfide) groups is 1. The highest BCUT2D eigenvalue weighted by Crippen LogP contribution is 2.46. The Hall–Kier alpha value is -7.65. The second-order valence-electron chi connectivity index (χ2n) is 31.9. The minimum atomic E-state index is -6.13. The first-order chi connectivity index (χ1) is 53.9. The fourth-order valence-corrected chi connectivity index (χ4v) is 19.8. The summed E-state index contributed by atoms with van der Waals surface area (Å²) in [7, 11) is -11.2. The van der Waals surface area contributed by atoms with Crippen LogP contribution in [0.25, 0.3) is 16.0 Å². The van der Waals surface area contributed by atoms with Crippen molar-refractivity contribution in [2.45, 2.75) is 162 Å². The number of aliphatic hydroxyl groups is 1. The Kier molecular flexibility index (Phi) is 27.8. The third-order valence-electron chi connectivity index (χ3n) is 22.3. The van der Waals surface area contributed by atoms with Gasteiger partial charge in [0.25, 0.3) is 19.7 Å². The zero-order valence-corrected chi connectivity index (χ0v) is 68.7. The average Bonchev–Trinajstić information content (AvgIpc) is 1.44. The SMILES string of the molecule is C[C@H](NC(=O)[C@@H]1C[C@@H](O)CN1C(=O)[C@@H](NC(=O)CCCCCCC(=O)N1CCN(C[C@]2(C)CCC(c3ccc(Cl)cc3)=C(CN3CCN(c4ccc(NC(=O)S(=O)(=O)c5ccc(N[C@H](CCN6CCOCC6)CSc6ccccc6)c(S(=O)(=O)C(F)(F)F)c5)cc4)CC3)C2)CC1)C(C)(C)C)c1ccc2c(c1)OCc1ncsc1-2. The number of nitrogens with one attached hydrogen (secondary N) is 4. The van der Waals surface area contributed by atoms with Crippen LogP contribution in [0.2, 0.25) is 5.02 Å².